The van der Waals surface area contributed by atoms with Crippen LogP contribution in [0.25, 0.3) is 22.6 Å². The number of phenolic OH excluding ortho intramolecular Hbond substituents is 1. The lowest BCUT2D eigenvalue weighted by atomic mass is 9.87. The second-order valence-electron chi connectivity index (χ2n) is 7.48. The van der Waals surface area contributed by atoms with Gasteiger partial charge in [-0.1, -0.05) is 18.9 Å². The maximum Gasteiger partial charge on any atom is 0.233 e. The minimum Gasteiger partial charge on any atom is -0.507 e. The Hall–Kier alpha value is -3.03. The summed E-state index contributed by atoms with van der Waals surface area (Å²) in [5.74, 6) is 2.69. The normalized spacial score (nSPS) is 24.1. The van der Waals surface area contributed by atoms with Crippen molar-refractivity contribution in [3.8, 4) is 34.3 Å². The van der Waals surface area contributed by atoms with Gasteiger partial charge in [-0.3, -0.25) is 0 Å². The predicted octanol–water partition coefficient (Wildman–Crippen LogP) is 2.99. The van der Waals surface area contributed by atoms with Gasteiger partial charge in [-0.2, -0.15) is 5.21 Å². The van der Waals surface area contributed by atoms with Gasteiger partial charge >= 0.3 is 0 Å². The Balaban J connectivity index is 1.31. The van der Waals surface area contributed by atoms with E-state index in [1.807, 2.05) is 18.2 Å². The van der Waals surface area contributed by atoms with Gasteiger partial charge in [0.2, 0.25) is 11.7 Å². The van der Waals surface area contributed by atoms with E-state index in [9.17, 15) is 5.11 Å². The minimum absolute atomic E-state index is 0.0872. The van der Waals surface area contributed by atoms with Crippen LogP contribution in [-0.4, -0.2) is 42.0 Å². The van der Waals surface area contributed by atoms with Crippen LogP contribution in [0, 0.1) is 11.8 Å². The van der Waals surface area contributed by atoms with E-state index in [-0.39, 0.29) is 11.9 Å². The van der Waals surface area contributed by atoms with Crippen molar-refractivity contribution in [2.24, 2.45) is 11.8 Å². The summed E-state index contributed by atoms with van der Waals surface area (Å²) < 4.78 is 6.06. The molecule has 3 aromatic rings. The van der Waals surface area contributed by atoms with Gasteiger partial charge in [-0.15, -0.1) is 20.4 Å². The van der Waals surface area contributed by atoms with E-state index in [2.05, 4.69) is 30.8 Å². The Morgan fingerprint density at radius 3 is 2.48 bits per heavy atom. The molecule has 0 aliphatic heterocycles. The molecule has 2 aliphatic rings. The van der Waals surface area contributed by atoms with Crippen LogP contribution in [0.3, 0.4) is 0 Å². The molecule has 2 aliphatic carbocycles. The molecule has 8 heteroatoms. The number of rotatable bonds is 4. The van der Waals surface area contributed by atoms with Gasteiger partial charge in [0.15, 0.2) is 0 Å². The highest BCUT2D eigenvalue weighted by atomic mass is 16.5. The van der Waals surface area contributed by atoms with Gasteiger partial charge in [0.25, 0.3) is 0 Å². The van der Waals surface area contributed by atoms with Crippen molar-refractivity contribution in [3.63, 3.8) is 0 Å². The zero-order chi connectivity index (χ0) is 18.2. The molecule has 8 nitrogen and oxygen atoms in total. The molecule has 1 unspecified atom stereocenters. The van der Waals surface area contributed by atoms with Crippen molar-refractivity contribution in [2.45, 2.75) is 38.2 Å². The Kier molecular flexibility index (Phi) is 3.95. The summed E-state index contributed by atoms with van der Waals surface area (Å²) in [4.78, 5) is 0. The SMILES string of the molecule is Oc1cc(-c2nn[nH]n2)ccc1-c1ccc(OC2C[C@H]3CC[C@@H](C2)C3)nn1. The van der Waals surface area contributed by atoms with Crippen LogP contribution in [-0.2, 0) is 0 Å². The molecule has 0 radical (unpaired) electrons. The van der Waals surface area contributed by atoms with Crippen molar-refractivity contribution in [1.82, 2.24) is 30.8 Å². The summed E-state index contributed by atoms with van der Waals surface area (Å²) >= 11 is 0. The molecular weight excluding hydrogens is 344 g/mol. The first-order valence-corrected chi connectivity index (χ1v) is 9.32. The van der Waals surface area contributed by atoms with E-state index in [0.717, 1.165) is 24.7 Å². The highest BCUT2D eigenvalue weighted by Crippen LogP contribution is 2.43. The van der Waals surface area contributed by atoms with Crippen molar-refractivity contribution in [1.29, 1.82) is 0 Å². The highest BCUT2D eigenvalue weighted by Gasteiger charge is 2.35. The average molecular weight is 364 g/mol. The number of hydrogen-bond donors (Lipinski definition) is 2. The topological polar surface area (TPSA) is 110 Å². The van der Waals surface area contributed by atoms with E-state index in [1.54, 1.807) is 12.1 Å². The van der Waals surface area contributed by atoms with Gasteiger partial charge in [0.1, 0.15) is 11.9 Å². The number of phenols is 1. The number of fused-ring (bicyclic) bond motifs is 2. The molecule has 0 amide bonds. The van der Waals surface area contributed by atoms with E-state index in [0.29, 0.717) is 28.5 Å². The quantitative estimate of drug-likeness (QED) is 0.732. The maximum absolute atomic E-state index is 10.4. The number of nitrogens with one attached hydrogen (secondary N) is 1. The fraction of sp³-hybridized carbons (Fsp3) is 0.421. The zero-order valence-electron chi connectivity index (χ0n) is 14.7. The number of aromatic amines is 1. The summed E-state index contributed by atoms with van der Waals surface area (Å²) in [6.45, 7) is 0. The van der Waals surface area contributed by atoms with Gasteiger partial charge in [0, 0.05) is 17.2 Å². The lowest BCUT2D eigenvalue weighted by Gasteiger charge is -2.27. The summed E-state index contributed by atoms with van der Waals surface area (Å²) in [6, 6.07) is 8.81. The highest BCUT2D eigenvalue weighted by molar-refractivity contribution is 5.71. The van der Waals surface area contributed by atoms with Gasteiger partial charge in [-0.05, 0) is 54.5 Å². The molecule has 1 aromatic carbocycles. The third-order valence-corrected chi connectivity index (χ3v) is 5.65. The maximum atomic E-state index is 10.4. The van der Waals surface area contributed by atoms with Crippen LogP contribution < -0.4 is 4.74 Å². The summed E-state index contributed by atoms with van der Waals surface area (Å²) in [7, 11) is 0. The number of aromatic nitrogens is 6. The van der Waals surface area contributed by atoms with E-state index >= 15 is 0 Å². The van der Waals surface area contributed by atoms with Gasteiger partial charge in [0.05, 0.1) is 5.69 Å². The first-order chi connectivity index (χ1) is 13.2. The van der Waals surface area contributed by atoms with Crippen molar-refractivity contribution in [2.75, 3.05) is 0 Å². The van der Waals surface area contributed by atoms with E-state index in [1.165, 1.54) is 19.3 Å². The van der Waals surface area contributed by atoms with E-state index < -0.39 is 0 Å². The molecule has 0 spiro atoms. The second-order valence-corrected chi connectivity index (χ2v) is 7.48. The number of benzene rings is 1. The number of nitrogens with zero attached hydrogens (tertiary/aromatic N) is 5. The molecule has 5 rings (SSSR count). The van der Waals surface area contributed by atoms with Crippen LogP contribution >= 0.6 is 0 Å². The number of hydrogen-bond acceptors (Lipinski definition) is 7. The summed E-state index contributed by atoms with van der Waals surface area (Å²) in [5, 5.41) is 32.5. The third-order valence-electron chi connectivity index (χ3n) is 5.65. The first-order valence-electron chi connectivity index (χ1n) is 9.32. The molecule has 2 fully saturated rings. The van der Waals surface area contributed by atoms with Gasteiger partial charge in [-0.25, -0.2) is 0 Å². The molecule has 2 N–H and O–H groups in total. The zero-order valence-corrected chi connectivity index (χ0v) is 14.7. The largest absolute Gasteiger partial charge is 0.507 e. The Morgan fingerprint density at radius 1 is 0.963 bits per heavy atom. The van der Waals surface area contributed by atoms with Crippen molar-refractivity contribution >= 4 is 0 Å². The lowest BCUT2D eigenvalue weighted by Crippen LogP contribution is -2.26. The Bertz CT molecular complexity index is 916. The summed E-state index contributed by atoms with van der Waals surface area (Å²) in [6.07, 6.45) is 6.54. The first kappa shape index (κ1) is 16.2. The fourth-order valence-corrected chi connectivity index (χ4v) is 4.41. The molecular formula is C19H20N6O2. The monoisotopic (exact) mass is 364 g/mol. The summed E-state index contributed by atoms with van der Waals surface area (Å²) in [5.41, 5.74) is 1.85. The molecule has 2 aromatic heterocycles. The number of tetrazole rings is 1. The van der Waals surface area contributed by atoms with Gasteiger partial charge < -0.3 is 9.84 Å². The molecule has 2 heterocycles. The Labute approximate surface area is 156 Å². The van der Waals surface area contributed by atoms with Crippen molar-refractivity contribution in [3.05, 3.63) is 30.3 Å². The molecule has 27 heavy (non-hydrogen) atoms. The molecule has 0 saturated heterocycles. The number of ether oxygens (including phenoxy) is 1. The number of aromatic hydroxyl groups is 1. The Morgan fingerprint density at radius 2 is 1.81 bits per heavy atom. The standard InChI is InChI=1S/C19H20N6O2/c26-17-10-13(19-22-24-25-23-19)3-4-15(17)16-5-6-18(21-20-16)27-14-8-11-1-2-12(7-11)9-14/h3-6,10-12,14,26H,1-2,7-9H2,(H,22,23,24,25)/t11-,12+,14?. The van der Waals surface area contributed by atoms with Crippen LogP contribution in [0.4, 0.5) is 0 Å². The average Bonchev–Trinajstić information content (AvgIpc) is 3.32. The third kappa shape index (κ3) is 3.22. The van der Waals surface area contributed by atoms with Crippen LogP contribution in [0.15, 0.2) is 30.3 Å². The lowest BCUT2D eigenvalue weighted by molar-refractivity contribution is 0.113. The molecule has 2 bridgehead atoms. The molecule has 3 atom stereocenters. The predicted molar refractivity (Wildman–Crippen MR) is 96.8 cm³/mol. The molecule has 2 saturated carbocycles. The second kappa shape index (κ2) is 6.61. The smallest absolute Gasteiger partial charge is 0.233 e. The van der Waals surface area contributed by atoms with E-state index in [4.69, 9.17) is 4.74 Å². The van der Waals surface area contributed by atoms with Crippen LogP contribution in [0.5, 0.6) is 11.6 Å². The van der Waals surface area contributed by atoms with Crippen molar-refractivity contribution < 1.29 is 9.84 Å². The van der Waals surface area contributed by atoms with Crippen LogP contribution in [0.1, 0.15) is 32.1 Å². The molecule has 138 valence electrons. The number of H-pyrrole nitrogens is 1. The fourth-order valence-electron chi connectivity index (χ4n) is 4.41. The van der Waals surface area contributed by atoms with Crippen LogP contribution in [0.2, 0.25) is 0 Å². The minimum atomic E-state index is 0.0872.